The van der Waals surface area contributed by atoms with Gasteiger partial charge in [-0.1, -0.05) is 0 Å². The molecule has 1 atom stereocenters. The first-order chi connectivity index (χ1) is 5.13. The zero-order valence-corrected chi connectivity index (χ0v) is 8.10. The number of aliphatic hydroxyl groups is 1. The number of aliphatic hydroxyl groups excluding tert-OH is 1. The summed E-state index contributed by atoms with van der Waals surface area (Å²) in [7, 11) is 4.11. The Bertz CT molecular complexity index is 78.5. The molecule has 0 rings (SSSR count). The molecule has 3 N–H and O–H groups in total. The van der Waals surface area contributed by atoms with Gasteiger partial charge in [-0.05, 0) is 26.3 Å². The lowest BCUT2D eigenvalue weighted by molar-refractivity contribution is 0.179. The largest absolute Gasteiger partial charge is 0.379 e. The minimum Gasteiger partial charge on any atom is -0.379 e. The summed E-state index contributed by atoms with van der Waals surface area (Å²) >= 11 is 1.83. The van der Waals surface area contributed by atoms with Crippen LogP contribution >= 0.6 is 11.8 Å². The van der Waals surface area contributed by atoms with E-state index in [1.165, 1.54) is 0 Å². The third kappa shape index (κ3) is 10.2. The highest BCUT2D eigenvalue weighted by molar-refractivity contribution is 7.99. The van der Waals surface area contributed by atoms with Gasteiger partial charge in [-0.15, -0.1) is 0 Å². The second-order valence-corrected chi connectivity index (χ2v) is 4.00. The number of rotatable bonds is 6. The number of hydrogen-bond acceptors (Lipinski definition) is 4. The van der Waals surface area contributed by atoms with Crippen LogP contribution in [-0.4, -0.2) is 48.4 Å². The van der Waals surface area contributed by atoms with E-state index in [2.05, 4.69) is 19.0 Å². The summed E-state index contributed by atoms with van der Waals surface area (Å²) in [4.78, 5) is 2.14. The van der Waals surface area contributed by atoms with E-state index >= 15 is 0 Å². The van der Waals surface area contributed by atoms with E-state index in [9.17, 15) is 0 Å². The van der Waals surface area contributed by atoms with Crippen molar-refractivity contribution in [3.05, 3.63) is 0 Å². The third-order valence-corrected chi connectivity index (χ3v) is 2.24. The Morgan fingerprint density at radius 1 is 1.45 bits per heavy atom. The molecule has 0 aliphatic heterocycles. The topological polar surface area (TPSA) is 49.5 Å². The molecule has 68 valence electrons. The van der Waals surface area contributed by atoms with Gasteiger partial charge in [0.05, 0.1) is 0 Å². The molecule has 0 radical (unpaired) electrons. The Morgan fingerprint density at radius 2 is 2.09 bits per heavy atom. The molecule has 0 amide bonds. The molecule has 0 aromatic rings. The molecule has 0 aromatic heterocycles. The van der Waals surface area contributed by atoms with Crippen LogP contribution in [-0.2, 0) is 0 Å². The third-order valence-electron chi connectivity index (χ3n) is 1.24. The first kappa shape index (κ1) is 11.2. The summed E-state index contributed by atoms with van der Waals surface area (Å²) in [5, 5.41) is 8.71. The van der Waals surface area contributed by atoms with E-state index in [-0.39, 0.29) is 0 Å². The van der Waals surface area contributed by atoms with E-state index in [0.29, 0.717) is 6.42 Å². The lowest BCUT2D eigenvalue weighted by Crippen LogP contribution is -2.20. The van der Waals surface area contributed by atoms with Crippen LogP contribution in [0.25, 0.3) is 0 Å². The average Bonchev–Trinajstić information content (AvgIpc) is 1.85. The van der Waals surface area contributed by atoms with Crippen molar-refractivity contribution in [3.8, 4) is 0 Å². The highest BCUT2D eigenvalue weighted by atomic mass is 32.2. The summed E-state index contributed by atoms with van der Waals surface area (Å²) in [6, 6.07) is 0. The van der Waals surface area contributed by atoms with Gasteiger partial charge in [-0.2, -0.15) is 11.8 Å². The fourth-order valence-corrected chi connectivity index (χ4v) is 1.66. The molecule has 0 aromatic carbocycles. The van der Waals surface area contributed by atoms with Crippen LogP contribution < -0.4 is 5.73 Å². The van der Waals surface area contributed by atoms with Crippen LogP contribution in [0, 0.1) is 0 Å². The van der Waals surface area contributed by atoms with Gasteiger partial charge >= 0.3 is 0 Å². The van der Waals surface area contributed by atoms with Crippen molar-refractivity contribution < 1.29 is 5.11 Å². The average molecular weight is 178 g/mol. The van der Waals surface area contributed by atoms with E-state index in [0.717, 1.165) is 18.1 Å². The summed E-state index contributed by atoms with van der Waals surface area (Å²) < 4.78 is 0. The number of nitrogens with zero attached hydrogens (tertiary/aromatic N) is 1. The summed E-state index contributed by atoms with van der Waals surface area (Å²) in [6.45, 7) is 1.09. The van der Waals surface area contributed by atoms with Gasteiger partial charge in [0.2, 0.25) is 0 Å². The maximum atomic E-state index is 8.71. The molecule has 1 unspecified atom stereocenters. The van der Waals surface area contributed by atoms with Gasteiger partial charge in [-0.3, -0.25) is 0 Å². The molecule has 11 heavy (non-hydrogen) atoms. The van der Waals surface area contributed by atoms with Crippen molar-refractivity contribution in [1.29, 1.82) is 0 Å². The number of hydrogen-bond donors (Lipinski definition) is 2. The van der Waals surface area contributed by atoms with Gasteiger partial charge in [-0.25, -0.2) is 0 Å². The van der Waals surface area contributed by atoms with Crippen molar-refractivity contribution in [1.82, 2.24) is 4.90 Å². The summed E-state index contributed by atoms with van der Waals surface area (Å²) in [5.74, 6) is 2.06. The Labute approximate surface area is 72.9 Å². The van der Waals surface area contributed by atoms with Gasteiger partial charge in [0.1, 0.15) is 6.23 Å². The van der Waals surface area contributed by atoms with E-state index in [1.807, 2.05) is 11.8 Å². The zero-order valence-electron chi connectivity index (χ0n) is 7.29. The highest BCUT2D eigenvalue weighted by Gasteiger charge is 1.95. The SMILES string of the molecule is CN(C)CCSCCC(N)O. The summed E-state index contributed by atoms with van der Waals surface area (Å²) in [5.41, 5.74) is 5.17. The molecule has 0 aliphatic carbocycles. The second kappa shape index (κ2) is 6.91. The second-order valence-electron chi connectivity index (χ2n) is 2.77. The predicted molar refractivity (Wildman–Crippen MR) is 50.7 cm³/mol. The molecule has 0 aliphatic rings. The Balaban J connectivity index is 2.91. The minimum absolute atomic E-state index is 0.637. The Hall–Kier alpha value is 0.230. The fraction of sp³-hybridized carbons (Fsp3) is 1.00. The first-order valence-electron chi connectivity index (χ1n) is 3.79. The number of nitrogens with two attached hydrogens (primary N) is 1. The zero-order chi connectivity index (χ0) is 8.69. The molecule has 0 saturated heterocycles. The van der Waals surface area contributed by atoms with Gasteiger partial charge < -0.3 is 15.7 Å². The van der Waals surface area contributed by atoms with E-state index < -0.39 is 6.23 Å². The fourth-order valence-electron chi connectivity index (χ4n) is 0.553. The van der Waals surface area contributed by atoms with Gasteiger partial charge in [0.15, 0.2) is 0 Å². The smallest absolute Gasteiger partial charge is 0.103 e. The molecular weight excluding hydrogens is 160 g/mol. The van der Waals surface area contributed by atoms with Crippen LogP contribution in [0.1, 0.15) is 6.42 Å². The van der Waals surface area contributed by atoms with E-state index in [1.54, 1.807) is 0 Å². The molecule has 4 heteroatoms. The van der Waals surface area contributed by atoms with E-state index in [4.69, 9.17) is 10.8 Å². The molecule has 0 bridgehead atoms. The minimum atomic E-state index is -0.637. The van der Waals surface area contributed by atoms with Gasteiger partial charge in [0.25, 0.3) is 0 Å². The van der Waals surface area contributed by atoms with Crippen LogP contribution in [0.3, 0.4) is 0 Å². The van der Waals surface area contributed by atoms with Gasteiger partial charge in [0, 0.05) is 12.3 Å². The molecule has 0 heterocycles. The highest BCUT2D eigenvalue weighted by Crippen LogP contribution is 2.02. The number of thioether (sulfide) groups is 1. The predicted octanol–water partition coefficient (Wildman–Crippen LogP) is -0.0516. The Kier molecular flexibility index (Phi) is 7.06. The summed E-state index contributed by atoms with van der Waals surface area (Å²) in [6.07, 6.45) is 0.0554. The van der Waals surface area contributed by atoms with Crippen molar-refractivity contribution in [3.63, 3.8) is 0 Å². The quantitative estimate of drug-likeness (QED) is 0.442. The standard InChI is InChI=1S/C7H18N2OS/c1-9(2)4-6-11-5-3-7(8)10/h7,10H,3-6,8H2,1-2H3. The van der Waals surface area contributed by atoms with Crippen LogP contribution in [0.4, 0.5) is 0 Å². The monoisotopic (exact) mass is 178 g/mol. The molecular formula is C7H18N2OS. The van der Waals surface area contributed by atoms with Crippen molar-refractivity contribution in [2.24, 2.45) is 5.73 Å². The van der Waals surface area contributed by atoms with Crippen molar-refractivity contribution in [2.45, 2.75) is 12.6 Å². The van der Waals surface area contributed by atoms with Crippen LogP contribution in [0.2, 0.25) is 0 Å². The molecule has 0 spiro atoms. The maximum Gasteiger partial charge on any atom is 0.103 e. The first-order valence-corrected chi connectivity index (χ1v) is 4.94. The normalized spacial score (nSPS) is 13.9. The van der Waals surface area contributed by atoms with Crippen molar-refractivity contribution >= 4 is 11.8 Å². The molecule has 0 fully saturated rings. The lowest BCUT2D eigenvalue weighted by Gasteiger charge is -2.08. The molecule has 0 saturated carbocycles. The lowest BCUT2D eigenvalue weighted by atomic mass is 10.4. The van der Waals surface area contributed by atoms with Crippen LogP contribution in [0.15, 0.2) is 0 Å². The molecule has 3 nitrogen and oxygen atoms in total. The maximum absolute atomic E-state index is 8.71. The van der Waals surface area contributed by atoms with Crippen LogP contribution in [0.5, 0.6) is 0 Å². The van der Waals surface area contributed by atoms with Crippen molar-refractivity contribution in [2.75, 3.05) is 32.1 Å². The Morgan fingerprint density at radius 3 is 2.55 bits per heavy atom.